The highest BCUT2D eigenvalue weighted by Gasteiger charge is 2.18. The zero-order valence-corrected chi connectivity index (χ0v) is 14.5. The van der Waals surface area contributed by atoms with Crippen molar-refractivity contribution in [3.8, 4) is 11.5 Å². The molecule has 0 aliphatic rings. The predicted octanol–water partition coefficient (Wildman–Crippen LogP) is 4.50. The van der Waals surface area contributed by atoms with E-state index in [0.29, 0.717) is 27.1 Å². The van der Waals surface area contributed by atoms with Crippen molar-refractivity contribution in [2.45, 2.75) is 13.0 Å². The molecule has 0 saturated carbocycles. The summed E-state index contributed by atoms with van der Waals surface area (Å²) in [5, 5.41) is 3.68. The van der Waals surface area contributed by atoms with E-state index < -0.39 is 0 Å². The highest BCUT2D eigenvalue weighted by atomic mass is 35.5. The van der Waals surface area contributed by atoms with Crippen LogP contribution in [0, 0.1) is 0 Å². The number of rotatable bonds is 5. The average Bonchev–Trinajstić information content (AvgIpc) is 2.53. The largest absolute Gasteiger partial charge is 0.497 e. The third-order valence-electron chi connectivity index (χ3n) is 3.43. The highest BCUT2D eigenvalue weighted by Crippen LogP contribution is 2.30. The summed E-state index contributed by atoms with van der Waals surface area (Å²) in [4.78, 5) is 12.4. The molecule has 2 rings (SSSR count). The van der Waals surface area contributed by atoms with Crippen molar-refractivity contribution < 1.29 is 14.3 Å². The fourth-order valence-electron chi connectivity index (χ4n) is 2.20. The molecule has 1 N–H and O–H groups in total. The quantitative estimate of drug-likeness (QED) is 0.860. The van der Waals surface area contributed by atoms with Crippen LogP contribution in [-0.2, 0) is 0 Å². The number of amides is 1. The van der Waals surface area contributed by atoms with Crippen LogP contribution in [0.1, 0.15) is 28.9 Å². The molecule has 4 nitrogen and oxygen atoms in total. The standard InChI is InChI=1S/C17H17Cl2NO3/c1-10(14-9-12(22-2)5-7-16(14)23-3)20-17(21)13-6-4-11(18)8-15(13)19/h4-10H,1-3H3,(H,20,21)/t10-/m1/s1. The first-order valence-electron chi connectivity index (χ1n) is 6.94. The Morgan fingerprint density at radius 1 is 1.09 bits per heavy atom. The van der Waals surface area contributed by atoms with Crippen molar-refractivity contribution >= 4 is 29.1 Å². The normalized spacial score (nSPS) is 11.7. The van der Waals surface area contributed by atoms with Crippen molar-refractivity contribution in [3.63, 3.8) is 0 Å². The van der Waals surface area contributed by atoms with E-state index in [9.17, 15) is 4.79 Å². The lowest BCUT2D eigenvalue weighted by Gasteiger charge is -2.18. The number of carbonyl (C=O) groups is 1. The molecule has 2 aromatic carbocycles. The van der Waals surface area contributed by atoms with E-state index >= 15 is 0 Å². The smallest absolute Gasteiger partial charge is 0.253 e. The van der Waals surface area contributed by atoms with Gasteiger partial charge in [-0.05, 0) is 43.3 Å². The molecule has 0 radical (unpaired) electrons. The van der Waals surface area contributed by atoms with Gasteiger partial charge in [0.15, 0.2) is 0 Å². The second kappa shape index (κ2) is 7.57. The third-order valence-corrected chi connectivity index (χ3v) is 3.97. The lowest BCUT2D eigenvalue weighted by atomic mass is 10.1. The minimum atomic E-state index is -0.292. The van der Waals surface area contributed by atoms with Crippen LogP contribution in [0.2, 0.25) is 10.0 Å². The van der Waals surface area contributed by atoms with Gasteiger partial charge < -0.3 is 14.8 Å². The number of methoxy groups -OCH3 is 2. The van der Waals surface area contributed by atoms with Crippen LogP contribution >= 0.6 is 23.2 Å². The first-order chi connectivity index (χ1) is 11.0. The molecule has 0 aromatic heterocycles. The molecule has 0 heterocycles. The molecular weight excluding hydrogens is 337 g/mol. The summed E-state index contributed by atoms with van der Waals surface area (Å²) in [7, 11) is 3.16. The van der Waals surface area contributed by atoms with E-state index in [1.165, 1.54) is 6.07 Å². The van der Waals surface area contributed by atoms with Gasteiger partial charge in [0.25, 0.3) is 5.91 Å². The van der Waals surface area contributed by atoms with Gasteiger partial charge in [-0.1, -0.05) is 23.2 Å². The summed E-state index contributed by atoms with van der Waals surface area (Å²) in [5.41, 5.74) is 1.18. The molecular formula is C17H17Cl2NO3. The van der Waals surface area contributed by atoms with Gasteiger partial charge in [-0.2, -0.15) is 0 Å². The number of carbonyl (C=O) groups excluding carboxylic acids is 1. The Bertz CT molecular complexity index is 719. The maximum Gasteiger partial charge on any atom is 0.253 e. The minimum absolute atomic E-state index is 0.288. The van der Waals surface area contributed by atoms with Gasteiger partial charge in [0.05, 0.1) is 30.8 Å². The number of halogens is 2. The molecule has 0 aliphatic heterocycles. The van der Waals surface area contributed by atoms with Crippen molar-refractivity contribution in [1.82, 2.24) is 5.32 Å². The van der Waals surface area contributed by atoms with Gasteiger partial charge in [-0.15, -0.1) is 0 Å². The second-order valence-electron chi connectivity index (χ2n) is 4.93. The Kier molecular flexibility index (Phi) is 5.74. The van der Waals surface area contributed by atoms with Gasteiger partial charge in [-0.3, -0.25) is 4.79 Å². The molecule has 0 aliphatic carbocycles. The van der Waals surface area contributed by atoms with E-state index in [0.717, 1.165) is 5.56 Å². The van der Waals surface area contributed by atoms with Crippen molar-refractivity contribution in [1.29, 1.82) is 0 Å². The van der Waals surface area contributed by atoms with E-state index in [4.69, 9.17) is 32.7 Å². The van der Waals surface area contributed by atoms with Crippen LogP contribution in [-0.4, -0.2) is 20.1 Å². The van der Waals surface area contributed by atoms with E-state index in [1.807, 2.05) is 13.0 Å². The lowest BCUT2D eigenvalue weighted by molar-refractivity contribution is 0.0939. The maximum atomic E-state index is 12.4. The zero-order chi connectivity index (χ0) is 17.0. The molecule has 0 fully saturated rings. The summed E-state index contributed by atoms with van der Waals surface area (Å²) >= 11 is 11.9. The van der Waals surface area contributed by atoms with Gasteiger partial charge >= 0.3 is 0 Å². The Labute approximate surface area is 145 Å². The van der Waals surface area contributed by atoms with E-state index in [2.05, 4.69) is 5.32 Å². The summed E-state index contributed by atoms with van der Waals surface area (Å²) in [6.45, 7) is 1.86. The Hall–Kier alpha value is -1.91. The molecule has 0 unspecified atom stereocenters. The molecule has 6 heteroatoms. The van der Waals surface area contributed by atoms with Crippen molar-refractivity contribution in [2.75, 3.05) is 14.2 Å². The Morgan fingerprint density at radius 2 is 1.83 bits per heavy atom. The molecule has 2 aromatic rings. The second-order valence-corrected chi connectivity index (χ2v) is 5.77. The van der Waals surface area contributed by atoms with Crippen LogP contribution in [0.15, 0.2) is 36.4 Å². The topological polar surface area (TPSA) is 47.6 Å². The van der Waals surface area contributed by atoms with Crippen molar-refractivity contribution in [3.05, 3.63) is 57.6 Å². The molecule has 122 valence electrons. The SMILES string of the molecule is COc1ccc(OC)c([C@@H](C)NC(=O)c2ccc(Cl)cc2Cl)c1. The molecule has 0 saturated heterocycles. The Balaban J connectivity index is 2.24. The average molecular weight is 354 g/mol. The lowest BCUT2D eigenvalue weighted by Crippen LogP contribution is -2.27. The van der Waals surface area contributed by atoms with Crippen molar-refractivity contribution in [2.24, 2.45) is 0 Å². The third kappa shape index (κ3) is 4.09. The monoisotopic (exact) mass is 353 g/mol. The summed E-state index contributed by atoms with van der Waals surface area (Å²) < 4.78 is 10.6. The first-order valence-corrected chi connectivity index (χ1v) is 7.69. The fourth-order valence-corrected chi connectivity index (χ4v) is 2.70. The van der Waals surface area contributed by atoms with Crippen LogP contribution in [0.5, 0.6) is 11.5 Å². The van der Waals surface area contributed by atoms with Gasteiger partial charge in [0.2, 0.25) is 0 Å². The number of hydrogen-bond donors (Lipinski definition) is 1. The van der Waals surface area contributed by atoms with Crippen LogP contribution in [0.4, 0.5) is 0 Å². The number of hydrogen-bond acceptors (Lipinski definition) is 3. The molecule has 0 spiro atoms. The number of benzene rings is 2. The predicted molar refractivity (Wildman–Crippen MR) is 91.9 cm³/mol. The first kappa shape index (κ1) is 17.4. The van der Waals surface area contributed by atoms with Crippen LogP contribution in [0.3, 0.4) is 0 Å². The molecule has 1 amide bonds. The highest BCUT2D eigenvalue weighted by molar-refractivity contribution is 6.36. The molecule has 23 heavy (non-hydrogen) atoms. The van der Waals surface area contributed by atoms with E-state index in [-0.39, 0.29) is 11.9 Å². The maximum absolute atomic E-state index is 12.4. The molecule has 1 atom stereocenters. The zero-order valence-electron chi connectivity index (χ0n) is 13.0. The van der Waals surface area contributed by atoms with Crippen LogP contribution in [0.25, 0.3) is 0 Å². The van der Waals surface area contributed by atoms with Gasteiger partial charge in [0.1, 0.15) is 11.5 Å². The molecule has 0 bridgehead atoms. The summed E-state index contributed by atoms with van der Waals surface area (Å²) in [5.74, 6) is 1.07. The van der Waals surface area contributed by atoms with E-state index in [1.54, 1.807) is 38.5 Å². The van der Waals surface area contributed by atoms with Crippen LogP contribution < -0.4 is 14.8 Å². The minimum Gasteiger partial charge on any atom is -0.497 e. The Morgan fingerprint density at radius 3 is 2.43 bits per heavy atom. The van der Waals surface area contributed by atoms with Gasteiger partial charge in [0, 0.05) is 10.6 Å². The number of nitrogens with one attached hydrogen (secondary N) is 1. The van der Waals surface area contributed by atoms with Gasteiger partial charge in [-0.25, -0.2) is 0 Å². The summed E-state index contributed by atoms with van der Waals surface area (Å²) in [6, 6.07) is 9.88. The number of ether oxygens (including phenoxy) is 2. The fraction of sp³-hybridized carbons (Fsp3) is 0.235. The summed E-state index contributed by atoms with van der Waals surface area (Å²) in [6.07, 6.45) is 0.